The fourth-order valence-electron chi connectivity index (χ4n) is 2.52. The van der Waals surface area contributed by atoms with Gasteiger partial charge in [-0.05, 0) is 49.9 Å². The van der Waals surface area contributed by atoms with Crippen LogP contribution in [-0.4, -0.2) is 9.38 Å². The number of benzene rings is 1. The van der Waals surface area contributed by atoms with Crippen LogP contribution in [0.5, 0.6) is 0 Å². The molecule has 2 N–H and O–H groups in total. The standard InChI is InChI=1S/C15H17N3S/c1-8-5-9(2)11(4)14(10(8)3)12-6-18-13(16)7-19-15(18)17-12/h5-7H,16H2,1-4H3. The van der Waals surface area contributed by atoms with Crippen LogP contribution >= 0.6 is 11.3 Å². The number of hydrogen-bond acceptors (Lipinski definition) is 3. The fraction of sp³-hybridized carbons (Fsp3) is 0.267. The molecular weight excluding hydrogens is 254 g/mol. The number of aromatic nitrogens is 2. The van der Waals surface area contributed by atoms with E-state index in [4.69, 9.17) is 10.7 Å². The van der Waals surface area contributed by atoms with Gasteiger partial charge in [0, 0.05) is 17.1 Å². The summed E-state index contributed by atoms with van der Waals surface area (Å²) in [5, 5.41) is 1.92. The van der Waals surface area contributed by atoms with Gasteiger partial charge in [0.25, 0.3) is 0 Å². The molecule has 3 nitrogen and oxygen atoms in total. The number of fused-ring (bicyclic) bond motifs is 1. The summed E-state index contributed by atoms with van der Waals surface area (Å²) < 4.78 is 1.95. The van der Waals surface area contributed by atoms with Gasteiger partial charge >= 0.3 is 0 Å². The highest BCUT2D eigenvalue weighted by Crippen LogP contribution is 2.32. The summed E-state index contributed by atoms with van der Waals surface area (Å²) in [6, 6.07) is 2.24. The minimum absolute atomic E-state index is 0.749. The fourth-order valence-corrected chi connectivity index (χ4v) is 3.29. The predicted molar refractivity (Wildman–Crippen MR) is 81.9 cm³/mol. The van der Waals surface area contributed by atoms with E-state index in [0.717, 1.165) is 16.5 Å². The molecule has 0 aliphatic rings. The van der Waals surface area contributed by atoms with Crippen LogP contribution in [0.15, 0.2) is 17.6 Å². The number of imidazole rings is 1. The Labute approximate surface area is 116 Å². The van der Waals surface area contributed by atoms with Crippen molar-refractivity contribution in [1.82, 2.24) is 9.38 Å². The van der Waals surface area contributed by atoms with Gasteiger partial charge in [-0.1, -0.05) is 6.07 Å². The Morgan fingerprint density at radius 1 is 1.11 bits per heavy atom. The normalized spacial score (nSPS) is 11.4. The molecule has 0 aliphatic heterocycles. The molecule has 0 unspecified atom stereocenters. The summed E-state index contributed by atoms with van der Waals surface area (Å²) >= 11 is 1.58. The molecule has 19 heavy (non-hydrogen) atoms. The lowest BCUT2D eigenvalue weighted by molar-refractivity contribution is 1.23. The highest BCUT2D eigenvalue weighted by molar-refractivity contribution is 7.15. The van der Waals surface area contributed by atoms with E-state index >= 15 is 0 Å². The summed E-state index contributed by atoms with van der Waals surface area (Å²) in [5.74, 6) is 0.749. The van der Waals surface area contributed by atoms with Gasteiger partial charge in [-0.15, -0.1) is 11.3 Å². The first kappa shape index (κ1) is 12.2. The molecule has 2 aromatic heterocycles. The van der Waals surface area contributed by atoms with Gasteiger partial charge in [0.05, 0.1) is 5.69 Å². The molecule has 3 rings (SSSR count). The van der Waals surface area contributed by atoms with Gasteiger partial charge in [0.1, 0.15) is 5.82 Å². The maximum absolute atomic E-state index is 5.94. The maximum Gasteiger partial charge on any atom is 0.195 e. The van der Waals surface area contributed by atoms with Crippen LogP contribution < -0.4 is 5.73 Å². The van der Waals surface area contributed by atoms with Gasteiger partial charge in [-0.2, -0.15) is 0 Å². The van der Waals surface area contributed by atoms with Crippen molar-refractivity contribution >= 4 is 22.1 Å². The maximum atomic E-state index is 5.94. The third-order valence-electron chi connectivity index (χ3n) is 3.86. The Morgan fingerprint density at radius 3 is 2.32 bits per heavy atom. The number of nitrogen functional groups attached to an aromatic ring is 1. The van der Waals surface area contributed by atoms with Gasteiger partial charge in [0.2, 0.25) is 0 Å². The summed E-state index contributed by atoms with van der Waals surface area (Å²) in [5.41, 5.74) is 13.4. The number of nitrogens with two attached hydrogens (primary N) is 1. The summed E-state index contributed by atoms with van der Waals surface area (Å²) in [4.78, 5) is 5.66. The van der Waals surface area contributed by atoms with Crippen LogP contribution in [-0.2, 0) is 0 Å². The molecule has 98 valence electrons. The molecule has 0 saturated carbocycles. The van der Waals surface area contributed by atoms with Crippen LogP contribution in [0, 0.1) is 27.7 Å². The van der Waals surface area contributed by atoms with E-state index in [2.05, 4.69) is 33.8 Å². The Hall–Kier alpha value is -1.81. The summed E-state index contributed by atoms with van der Waals surface area (Å²) in [6.45, 7) is 8.62. The van der Waals surface area contributed by atoms with E-state index in [1.54, 1.807) is 11.3 Å². The molecule has 0 spiro atoms. The minimum Gasteiger partial charge on any atom is -0.384 e. The minimum atomic E-state index is 0.749. The molecule has 0 amide bonds. The monoisotopic (exact) mass is 271 g/mol. The molecule has 0 radical (unpaired) electrons. The Morgan fingerprint density at radius 2 is 1.74 bits per heavy atom. The van der Waals surface area contributed by atoms with E-state index in [1.807, 2.05) is 16.0 Å². The van der Waals surface area contributed by atoms with Gasteiger partial charge in [-0.3, -0.25) is 4.40 Å². The quantitative estimate of drug-likeness (QED) is 0.730. The van der Waals surface area contributed by atoms with Crippen molar-refractivity contribution in [3.8, 4) is 11.3 Å². The van der Waals surface area contributed by atoms with Crippen LogP contribution in [0.4, 0.5) is 5.82 Å². The lowest BCUT2D eigenvalue weighted by Crippen LogP contribution is -1.95. The lowest BCUT2D eigenvalue weighted by Gasteiger charge is -2.13. The molecule has 4 heteroatoms. The first-order valence-corrected chi connectivity index (χ1v) is 7.17. The largest absolute Gasteiger partial charge is 0.384 e. The van der Waals surface area contributed by atoms with Crippen molar-refractivity contribution < 1.29 is 0 Å². The average molecular weight is 271 g/mol. The lowest BCUT2D eigenvalue weighted by atomic mass is 9.93. The Bertz CT molecular complexity index is 754. The second-order valence-corrected chi connectivity index (χ2v) is 5.91. The van der Waals surface area contributed by atoms with Crippen molar-refractivity contribution in [2.45, 2.75) is 27.7 Å². The number of aryl methyl sites for hydroxylation is 2. The number of nitrogens with zero attached hydrogens (tertiary/aromatic N) is 2. The molecule has 1 aromatic carbocycles. The van der Waals surface area contributed by atoms with Gasteiger partial charge in [-0.25, -0.2) is 4.98 Å². The predicted octanol–water partition coefficient (Wildman–Crippen LogP) is 3.88. The first-order valence-electron chi connectivity index (χ1n) is 6.29. The van der Waals surface area contributed by atoms with Crippen molar-refractivity contribution in [2.75, 3.05) is 5.73 Å². The highest BCUT2D eigenvalue weighted by Gasteiger charge is 2.14. The van der Waals surface area contributed by atoms with Crippen molar-refractivity contribution in [3.05, 3.63) is 39.9 Å². The Kier molecular flexibility index (Phi) is 2.64. The Balaban J connectivity index is 2.31. The van der Waals surface area contributed by atoms with Crippen LogP contribution in [0.1, 0.15) is 22.3 Å². The number of anilines is 1. The zero-order chi connectivity index (χ0) is 13.7. The number of hydrogen-bond donors (Lipinski definition) is 1. The number of rotatable bonds is 1. The average Bonchev–Trinajstić information content (AvgIpc) is 2.90. The zero-order valence-corrected chi connectivity index (χ0v) is 12.4. The van der Waals surface area contributed by atoms with Crippen molar-refractivity contribution in [1.29, 1.82) is 0 Å². The molecule has 0 bridgehead atoms. The van der Waals surface area contributed by atoms with E-state index in [0.29, 0.717) is 0 Å². The van der Waals surface area contributed by atoms with E-state index < -0.39 is 0 Å². The second-order valence-electron chi connectivity index (χ2n) is 5.07. The smallest absolute Gasteiger partial charge is 0.195 e. The third-order valence-corrected chi connectivity index (χ3v) is 4.72. The molecule has 0 saturated heterocycles. The summed E-state index contributed by atoms with van der Waals surface area (Å²) in [7, 11) is 0. The van der Waals surface area contributed by atoms with Gasteiger partial charge in [0.15, 0.2) is 4.96 Å². The molecule has 0 fully saturated rings. The second kappa shape index (κ2) is 4.10. The topological polar surface area (TPSA) is 43.3 Å². The van der Waals surface area contributed by atoms with E-state index in [9.17, 15) is 0 Å². The van der Waals surface area contributed by atoms with E-state index in [1.165, 1.54) is 27.8 Å². The SMILES string of the molecule is Cc1cc(C)c(C)c(-c2cn3c(N)csc3n2)c1C. The van der Waals surface area contributed by atoms with Crippen LogP contribution in [0.3, 0.4) is 0 Å². The first-order chi connectivity index (χ1) is 8.99. The van der Waals surface area contributed by atoms with Crippen molar-refractivity contribution in [2.24, 2.45) is 0 Å². The van der Waals surface area contributed by atoms with E-state index in [-0.39, 0.29) is 0 Å². The molecule has 2 heterocycles. The third kappa shape index (κ3) is 1.75. The molecular formula is C15H17N3S. The van der Waals surface area contributed by atoms with Crippen molar-refractivity contribution in [3.63, 3.8) is 0 Å². The van der Waals surface area contributed by atoms with Gasteiger partial charge < -0.3 is 5.73 Å². The molecule has 0 aliphatic carbocycles. The molecule has 3 aromatic rings. The molecule has 0 atom stereocenters. The zero-order valence-electron chi connectivity index (χ0n) is 11.6. The van der Waals surface area contributed by atoms with Crippen LogP contribution in [0.25, 0.3) is 16.2 Å². The summed E-state index contributed by atoms with van der Waals surface area (Å²) in [6.07, 6.45) is 2.04. The number of thiazole rings is 1. The highest BCUT2D eigenvalue weighted by atomic mass is 32.1. The van der Waals surface area contributed by atoms with Crippen LogP contribution in [0.2, 0.25) is 0 Å².